The Balaban J connectivity index is 1.53. The highest BCUT2D eigenvalue weighted by Gasteiger charge is 2.34. The summed E-state index contributed by atoms with van der Waals surface area (Å²) in [6, 6.07) is 9.33. The minimum absolute atomic E-state index is 0.118. The van der Waals surface area contributed by atoms with Gasteiger partial charge in [-0.3, -0.25) is 14.5 Å². The second-order valence-corrected chi connectivity index (χ2v) is 10.3. The quantitative estimate of drug-likeness (QED) is 0.399. The van der Waals surface area contributed by atoms with Gasteiger partial charge < -0.3 is 20.1 Å². The topological polar surface area (TPSA) is 126 Å². The fraction of sp³-hybridized carbons (Fsp3) is 0.444. The van der Waals surface area contributed by atoms with E-state index in [0.29, 0.717) is 36.6 Å². The van der Waals surface area contributed by atoms with E-state index in [1.165, 1.54) is 29.2 Å². The third-order valence-corrected chi connectivity index (χ3v) is 6.87. The van der Waals surface area contributed by atoms with Crippen LogP contribution in [-0.4, -0.2) is 85.8 Å². The van der Waals surface area contributed by atoms with Gasteiger partial charge in [0.2, 0.25) is 5.91 Å². The molecule has 0 saturated carbocycles. The number of alkyl halides is 3. The number of fused-ring (bicyclic) bond motifs is 1. The predicted molar refractivity (Wildman–Crippen MR) is 142 cm³/mol. The Hall–Kier alpha value is -4.04. The fourth-order valence-corrected chi connectivity index (χ4v) is 4.60. The van der Waals surface area contributed by atoms with E-state index in [1.807, 2.05) is 18.9 Å². The molecule has 220 valence electrons. The van der Waals surface area contributed by atoms with Crippen LogP contribution in [0.4, 0.5) is 18.9 Å². The number of benzene rings is 2. The van der Waals surface area contributed by atoms with E-state index < -0.39 is 29.8 Å². The minimum atomic E-state index is -4.40. The number of ether oxygens (including phenoxy) is 1. The van der Waals surface area contributed by atoms with E-state index in [-0.39, 0.29) is 30.5 Å². The molecule has 0 spiro atoms. The predicted octanol–water partition coefficient (Wildman–Crippen LogP) is 2.68. The molecule has 2 aromatic carbocycles. The van der Waals surface area contributed by atoms with Gasteiger partial charge in [-0.2, -0.15) is 13.2 Å². The molecule has 2 N–H and O–H groups in total. The Bertz CT molecular complexity index is 1340. The van der Waals surface area contributed by atoms with E-state index in [4.69, 9.17) is 4.74 Å². The lowest BCUT2D eigenvalue weighted by molar-refractivity contribution is -0.137. The number of hydrogen-bond acceptors (Lipinski definition) is 8. The molecular weight excluding hydrogens is 543 g/mol. The Morgan fingerprint density at radius 3 is 2.61 bits per heavy atom. The molecule has 41 heavy (non-hydrogen) atoms. The number of nitrogens with zero attached hydrogens (tertiary/aromatic N) is 6. The van der Waals surface area contributed by atoms with Crippen LogP contribution in [0.15, 0.2) is 48.8 Å². The van der Waals surface area contributed by atoms with Gasteiger partial charge in [-0.25, -0.2) is 4.68 Å². The Morgan fingerprint density at radius 1 is 1.24 bits per heavy atom. The maximum atomic E-state index is 13.6. The normalized spacial score (nSPS) is 18.3. The van der Waals surface area contributed by atoms with E-state index in [9.17, 15) is 27.9 Å². The Labute approximate surface area is 234 Å². The zero-order valence-electron chi connectivity index (χ0n) is 22.9. The van der Waals surface area contributed by atoms with Crippen molar-refractivity contribution in [1.29, 1.82) is 0 Å². The van der Waals surface area contributed by atoms with Crippen molar-refractivity contribution in [1.82, 2.24) is 30.0 Å². The van der Waals surface area contributed by atoms with Gasteiger partial charge in [0, 0.05) is 31.2 Å². The summed E-state index contributed by atoms with van der Waals surface area (Å²) in [5.41, 5.74) is 0.617. The fourth-order valence-electron chi connectivity index (χ4n) is 4.60. The van der Waals surface area contributed by atoms with Crippen molar-refractivity contribution in [2.24, 2.45) is 5.92 Å². The van der Waals surface area contributed by atoms with Crippen LogP contribution in [-0.2, 0) is 24.1 Å². The monoisotopic (exact) mass is 575 g/mol. The largest absolute Gasteiger partial charge is 0.488 e. The first-order chi connectivity index (χ1) is 19.4. The van der Waals surface area contributed by atoms with E-state index in [0.717, 1.165) is 12.1 Å². The summed E-state index contributed by atoms with van der Waals surface area (Å²) in [7, 11) is 1.84. The molecule has 0 radical (unpaired) electrons. The van der Waals surface area contributed by atoms with Gasteiger partial charge >= 0.3 is 6.18 Å². The molecule has 14 heteroatoms. The smallest absolute Gasteiger partial charge is 0.416 e. The number of anilines is 1. The van der Waals surface area contributed by atoms with Crippen LogP contribution in [0, 0.1) is 5.92 Å². The van der Waals surface area contributed by atoms with Crippen molar-refractivity contribution >= 4 is 17.5 Å². The van der Waals surface area contributed by atoms with E-state index in [2.05, 4.69) is 20.8 Å². The molecule has 1 aliphatic rings. The van der Waals surface area contributed by atoms with Crippen LogP contribution >= 0.6 is 0 Å². The highest BCUT2D eigenvalue weighted by Crippen LogP contribution is 2.31. The van der Waals surface area contributed by atoms with Gasteiger partial charge in [0.25, 0.3) is 5.91 Å². The molecular formula is C27H32F3N7O4. The molecule has 3 aromatic rings. The summed E-state index contributed by atoms with van der Waals surface area (Å²) in [6.07, 6.45) is -3.48. The van der Waals surface area contributed by atoms with Crippen LogP contribution in [0.2, 0.25) is 0 Å². The summed E-state index contributed by atoms with van der Waals surface area (Å²) >= 11 is 0. The van der Waals surface area contributed by atoms with E-state index >= 15 is 0 Å². The SMILES string of the molecule is C[C@H]1CN([C@@H](C)CO)C(=O)c2cc(NC(=O)Cn3cnnn3)ccc2O[C@@H]1CN(C)Cc1ccc(C(F)(F)F)cc1. The summed E-state index contributed by atoms with van der Waals surface area (Å²) in [4.78, 5) is 29.6. The standard InChI is InChI=1S/C27H32F3N7O4/c1-17-11-37(18(2)15-38)26(40)22-10-21(32-25(39)14-36-16-31-33-34-36)8-9-23(22)41-24(17)13-35(3)12-19-4-6-20(7-5-19)27(28,29)30/h4-10,16-18,24,38H,11-15H2,1-3H3,(H,32,39)/t17-,18-,24+/m0/s1. The van der Waals surface area contributed by atoms with Crippen molar-refractivity contribution in [2.45, 2.75) is 45.3 Å². The number of aliphatic hydroxyl groups excluding tert-OH is 1. The Morgan fingerprint density at radius 2 is 1.98 bits per heavy atom. The number of nitrogens with one attached hydrogen (secondary N) is 1. The molecule has 2 amide bonds. The molecule has 0 unspecified atom stereocenters. The van der Waals surface area contributed by atoms with Crippen molar-refractivity contribution in [3.8, 4) is 5.75 Å². The van der Waals surface area contributed by atoms with Crippen molar-refractivity contribution in [2.75, 3.05) is 32.1 Å². The molecule has 1 aromatic heterocycles. The molecule has 0 bridgehead atoms. The first-order valence-electron chi connectivity index (χ1n) is 13.0. The number of carbonyl (C=O) groups excluding carboxylic acids is 2. The van der Waals surface area contributed by atoms with Crippen molar-refractivity contribution < 1.29 is 32.6 Å². The number of halogens is 3. The lowest BCUT2D eigenvalue weighted by Crippen LogP contribution is -2.49. The molecule has 0 aliphatic carbocycles. The van der Waals surface area contributed by atoms with Gasteiger partial charge in [-0.1, -0.05) is 19.1 Å². The lowest BCUT2D eigenvalue weighted by atomic mass is 9.99. The first-order valence-corrected chi connectivity index (χ1v) is 13.0. The summed E-state index contributed by atoms with van der Waals surface area (Å²) in [6.45, 7) is 4.44. The van der Waals surface area contributed by atoms with Gasteiger partial charge in [-0.05, 0) is 60.3 Å². The zero-order valence-corrected chi connectivity index (χ0v) is 22.9. The number of aromatic nitrogens is 4. The molecule has 0 fully saturated rings. The number of tetrazole rings is 1. The number of amides is 2. The third kappa shape index (κ3) is 7.58. The lowest BCUT2D eigenvalue weighted by Gasteiger charge is -2.38. The minimum Gasteiger partial charge on any atom is -0.488 e. The van der Waals surface area contributed by atoms with Crippen LogP contribution in [0.25, 0.3) is 0 Å². The second kappa shape index (κ2) is 12.6. The maximum Gasteiger partial charge on any atom is 0.416 e. The van der Waals surface area contributed by atoms with Gasteiger partial charge in [0.05, 0.1) is 23.8 Å². The summed E-state index contributed by atoms with van der Waals surface area (Å²) in [5, 5.41) is 23.2. The number of likely N-dealkylation sites (N-methyl/N-ethyl adjacent to an activating group) is 1. The third-order valence-electron chi connectivity index (χ3n) is 6.87. The number of rotatable bonds is 9. The van der Waals surface area contributed by atoms with Crippen LogP contribution in [0.1, 0.15) is 35.3 Å². The van der Waals surface area contributed by atoms with Crippen molar-refractivity contribution in [3.63, 3.8) is 0 Å². The van der Waals surface area contributed by atoms with Crippen molar-refractivity contribution in [3.05, 3.63) is 65.5 Å². The molecule has 0 saturated heterocycles. The molecule has 2 heterocycles. The first kappa shape index (κ1) is 29.9. The second-order valence-electron chi connectivity index (χ2n) is 10.3. The zero-order chi connectivity index (χ0) is 29.7. The number of hydrogen-bond donors (Lipinski definition) is 2. The van der Waals surface area contributed by atoms with Gasteiger partial charge in [-0.15, -0.1) is 5.10 Å². The van der Waals surface area contributed by atoms with Gasteiger partial charge in [0.1, 0.15) is 24.7 Å². The van der Waals surface area contributed by atoms with Crippen LogP contribution in [0.3, 0.4) is 0 Å². The van der Waals surface area contributed by atoms with Gasteiger partial charge in [0.15, 0.2) is 0 Å². The number of carbonyl (C=O) groups is 2. The average Bonchev–Trinajstić information content (AvgIpc) is 3.43. The van der Waals surface area contributed by atoms with Crippen LogP contribution < -0.4 is 10.1 Å². The average molecular weight is 576 g/mol. The highest BCUT2D eigenvalue weighted by molar-refractivity contribution is 5.99. The molecule has 11 nitrogen and oxygen atoms in total. The maximum absolute atomic E-state index is 13.6. The number of aliphatic hydroxyl groups is 1. The molecule has 3 atom stereocenters. The highest BCUT2D eigenvalue weighted by atomic mass is 19.4. The van der Waals surface area contributed by atoms with E-state index in [1.54, 1.807) is 24.0 Å². The summed E-state index contributed by atoms with van der Waals surface area (Å²) in [5.74, 6) is -0.565. The molecule has 1 aliphatic heterocycles. The summed E-state index contributed by atoms with van der Waals surface area (Å²) < 4.78 is 46.4. The Kier molecular flexibility index (Phi) is 9.23. The van der Waals surface area contributed by atoms with Crippen LogP contribution in [0.5, 0.6) is 5.75 Å². The molecule has 4 rings (SSSR count).